The van der Waals surface area contributed by atoms with Crippen molar-refractivity contribution >= 4 is 23.4 Å². The standard InChI is InChI=1S/C15H15ClN2O3/c1-18-7-6-13(15(18)21)17-14(20)11-5-4-10(3-2-8-19)12(16)9-11/h4-5,9,13,19H,6-8H2,1H3,(H,17,20). The summed E-state index contributed by atoms with van der Waals surface area (Å²) in [5.74, 6) is 4.76. The molecule has 0 radical (unpaired) electrons. The molecule has 2 rings (SSSR count). The largest absolute Gasteiger partial charge is 0.384 e. The first-order chi connectivity index (χ1) is 10.0. The van der Waals surface area contributed by atoms with Gasteiger partial charge in [0.1, 0.15) is 12.6 Å². The number of carbonyl (C=O) groups excluding carboxylic acids is 2. The lowest BCUT2D eigenvalue weighted by atomic mass is 10.1. The summed E-state index contributed by atoms with van der Waals surface area (Å²) in [6.45, 7) is 0.385. The zero-order valence-electron chi connectivity index (χ0n) is 11.5. The molecule has 0 aliphatic carbocycles. The third kappa shape index (κ3) is 3.54. The minimum Gasteiger partial charge on any atom is -0.384 e. The normalized spacial score (nSPS) is 17.4. The van der Waals surface area contributed by atoms with Gasteiger partial charge in [-0.25, -0.2) is 0 Å². The number of benzene rings is 1. The Bertz CT molecular complexity index is 634. The Labute approximate surface area is 127 Å². The van der Waals surface area contributed by atoms with E-state index in [-0.39, 0.29) is 18.4 Å². The van der Waals surface area contributed by atoms with Gasteiger partial charge in [0.2, 0.25) is 5.91 Å². The number of nitrogens with one attached hydrogen (secondary N) is 1. The van der Waals surface area contributed by atoms with E-state index in [1.165, 1.54) is 6.07 Å². The summed E-state index contributed by atoms with van der Waals surface area (Å²) in [5, 5.41) is 11.7. The van der Waals surface area contributed by atoms with E-state index in [0.29, 0.717) is 29.1 Å². The lowest BCUT2D eigenvalue weighted by Gasteiger charge is -2.12. The molecular weight excluding hydrogens is 292 g/mol. The molecule has 1 aromatic carbocycles. The van der Waals surface area contributed by atoms with Crippen LogP contribution in [-0.2, 0) is 4.79 Å². The molecule has 1 aliphatic heterocycles. The van der Waals surface area contributed by atoms with E-state index in [4.69, 9.17) is 16.7 Å². The summed E-state index contributed by atoms with van der Waals surface area (Å²) in [5.41, 5.74) is 0.913. The molecule has 5 nitrogen and oxygen atoms in total. The maximum absolute atomic E-state index is 12.1. The second kappa shape index (κ2) is 6.61. The second-order valence-electron chi connectivity index (χ2n) is 4.73. The molecule has 21 heavy (non-hydrogen) atoms. The van der Waals surface area contributed by atoms with Crippen molar-refractivity contribution in [1.82, 2.24) is 10.2 Å². The summed E-state index contributed by atoms with van der Waals surface area (Å²) in [6.07, 6.45) is 0.606. The molecule has 1 aliphatic rings. The predicted octanol–water partition coefficient (Wildman–Crippen LogP) is 0.644. The number of nitrogens with zero attached hydrogens (tertiary/aromatic N) is 1. The number of halogens is 1. The molecule has 110 valence electrons. The number of likely N-dealkylation sites (tertiary alicyclic amines) is 1. The predicted molar refractivity (Wildman–Crippen MR) is 78.9 cm³/mol. The van der Waals surface area contributed by atoms with Crippen molar-refractivity contribution in [3.63, 3.8) is 0 Å². The van der Waals surface area contributed by atoms with Crippen molar-refractivity contribution in [2.24, 2.45) is 0 Å². The van der Waals surface area contributed by atoms with Gasteiger partial charge in [-0.3, -0.25) is 9.59 Å². The first-order valence-electron chi connectivity index (χ1n) is 6.48. The van der Waals surface area contributed by atoms with Crippen LogP contribution in [0.1, 0.15) is 22.3 Å². The van der Waals surface area contributed by atoms with Gasteiger partial charge in [-0.15, -0.1) is 0 Å². The molecule has 0 spiro atoms. The minimum atomic E-state index is -0.477. The van der Waals surface area contributed by atoms with Crippen molar-refractivity contribution in [1.29, 1.82) is 0 Å². The summed E-state index contributed by atoms with van der Waals surface area (Å²) >= 11 is 6.04. The first kappa shape index (κ1) is 15.4. The summed E-state index contributed by atoms with van der Waals surface area (Å²) in [4.78, 5) is 25.5. The quantitative estimate of drug-likeness (QED) is 0.788. The Morgan fingerprint density at radius 3 is 2.90 bits per heavy atom. The topological polar surface area (TPSA) is 69.6 Å². The monoisotopic (exact) mass is 306 g/mol. The second-order valence-corrected chi connectivity index (χ2v) is 5.14. The number of hydrogen-bond donors (Lipinski definition) is 2. The number of aliphatic hydroxyl groups is 1. The van der Waals surface area contributed by atoms with Gasteiger partial charge in [0.25, 0.3) is 5.91 Å². The molecule has 0 bridgehead atoms. The van der Waals surface area contributed by atoms with E-state index >= 15 is 0 Å². The van der Waals surface area contributed by atoms with E-state index in [9.17, 15) is 9.59 Å². The van der Waals surface area contributed by atoms with Crippen LogP contribution in [0.4, 0.5) is 0 Å². The number of aliphatic hydroxyl groups excluding tert-OH is 1. The van der Waals surface area contributed by atoms with Crippen LogP contribution < -0.4 is 5.32 Å². The van der Waals surface area contributed by atoms with E-state index in [0.717, 1.165) is 0 Å². The van der Waals surface area contributed by atoms with Gasteiger partial charge in [-0.1, -0.05) is 23.4 Å². The van der Waals surface area contributed by atoms with Crippen molar-refractivity contribution in [3.8, 4) is 11.8 Å². The van der Waals surface area contributed by atoms with Crippen molar-refractivity contribution in [2.75, 3.05) is 20.2 Å². The number of carbonyl (C=O) groups is 2. The molecule has 2 N–H and O–H groups in total. The molecule has 1 saturated heterocycles. The summed E-state index contributed by atoms with van der Waals surface area (Å²) in [6, 6.07) is 4.23. The molecule has 1 atom stereocenters. The number of hydrogen-bond acceptors (Lipinski definition) is 3. The fourth-order valence-electron chi connectivity index (χ4n) is 2.09. The van der Waals surface area contributed by atoms with Crippen molar-refractivity contribution in [2.45, 2.75) is 12.5 Å². The highest BCUT2D eigenvalue weighted by molar-refractivity contribution is 6.32. The fraction of sp³-hybridized carbons (Fsp3) is 0.333. The molecule has 1 aromatic rings. The third-order valence-corrected chi connectivity index (χ3v) is 3.58. The summed E-state index contributed by atoms with van der Waals surface area (Å²) < 4.78 is 0. The fourth-order valence-corrected chi connectivity index (χ4v) is 2.32. The number of amides is 2. The average Bonchev–Trinajstić information content (AvgIpc) is 2.78. The van der Waals surface area contributed by atoms with Gasteiger partial charge in [0.05, 0.1) is 5.02 Å². The lowest BCUT2D eigenvalue weighted by molar-refractivity contribution is -0.128. The number of rotatable bonds is 2. The summed E-state index contributed by atoms with van der Waals surface area (Å²) in [7, 11) is 1.71. The molecular formula is C15H15ClN2O3. The van der Waals surface area contributed by atoms with Gasteiger partial charge in [0, 0.05) is 24.7 Å². The SMILES string of the molecule is CN1CCC(NC(=O)c2ccc(C#CCO)c(Cl)c2)C1=O. The van der Waals surface area contributed by atoms with Crippen LogP contribution in [0.5, 0.6) is 0 Å². The smallest absolute Gasteiger partial charge is 0.251 e. The zero-order chi connectivity index (χ0) is 15.4. The zero-order valence-corrected chi connectivity index (χ0v) is 12.3. The van der Waals surface area contributed by atoms with Gasteiger partial charge >= 0.3 is 0 Å². The van der Waals surface area contributed by atoms with Crippen LogP contribution in [0.25, 0.3) is 0 Å². The highest BCUT2D eigenvalue weighted by Gasteiger charge is 2.30. The maximum atomic E-state index is 12.1. The van der Waals surface area contributed by atoms with Crippen LogP contribution in [0.2, 0.25) is 5.02 Å². The third-order valence-electron chi connectivity index (χ3n) is 3.27. The van der Waals surface area contributed by atoms with Gasteiger partial charge in [-0.2, -0.15) is 0 Å². The Balaban J connectivity index is 2.10. The molecule has 1 fully saturated rings. The van der Waals surface area contributed by atoms with Crippen LogP contribution >= 0.6 is 11.6 Å². The molecule has 6 heteroatoms. The van der Waals surface area contributed by atoms with Crippen LogP contribution in [0, 0.1) is 11.8 Å². The Kier molecular flexibility index (Phi) is 4.84. The molecule has 0 saturated carbocycles. The van der Waals surface area contributed by atoms with E-state index in [1.807, 2.05) is 0 Å². The van der Waals surface area contributed by atoms with E-state index in [1.54, 1.807) is 24.1 Å². The first-order valence-corrected chi connectivity index (χ1v) is 6.86. The molecule has 1 unspecified atom stereocenters. The molecule has 0 aromatic heterocycles. The maximum Gasteiger partial charge on any atom is 0.251 e. The van der Waals surface area contributed by atoms with E-state index < -0.39 is 6.04 Å². The Morgan fingerprint density at radius 2 is 2.33 bits per heavy atom. The van der Waals surface area contributed by atoms with Crippen LogP contribution in [0.15, 0.2) is 18.2 Å². The van der Waals surface area contributed by atoms with Crippen LogP contribution in [-0.4, -0.2) is 48.1 Å². The highest BCUT2D eigenvalue weighted by Crippen LogP contribution is 2.18. The minimum absolute atomic E-state index is 0.0834. The van der Waals surface area contributed by atoms with Crippen LogP contribution in [0.3, 0.4) is 0 Å². The van der Waals surface area contributed by atoms with Crippen molar-refractivity contribution < 1.29 is 14.7 Å². The van der Waals surface area contributed by atoms with Gasteiger partial charge in [0.15, 0.2) is 0 Å². The van der Waals surface area contributed by atoms with E-state index in [2.05, 4.69) is 17.2 Å². The number of likely N-dealkylation sites (N-methyl/N-ethyl adjacent to an activating group) is 1. The van der Waals surface area contributed by atoms with Gasteiger partial charge in [-0.05, 0) is 24.6 Å². The lowest BCUT2D eigenvalue weighted by Crippen LogP contribution is -2.40. The Morgan fingerprint density at radius 1 is 1.57 bits per heavy atom. The molecule has 2 amide bonds. The van der Waals surface area contributed by atoms with Gasteiger partial charge < -0.3 is 15.3 Å². The molecule has 1 heterocycles. The average molecular weight is 307 g/mol. The van der Waals surface area contributed by atoms with Crippen molar-refractivity contribution in [3.05, 3.63) is 34.3 Å². The Hall–Kier alpha value is -2.03. The highest BCUT2D eigenvalue weighted by atomic mass is 35.5.